The minimum absolute atomic E-state index is 0.0276. The topological polar surface area (TPSA) is 83.7 Å². The van der Waals surface area contributed by atoms with Crippen LogP contribution in [-0.4, -0.2) is 68.1 Å². The van der Waals surface area contributed by atoms with Crippen molar-refractivity contribution in [2.75, 3.05) is 52.8 Å². The largest absolute Gasteiger partial charge is 0.397 e. The maximum Gasteiger partial charge on any atom is 0.253 e. The molecular formula is C32H46FN5O2. The van der Waals surface area contributed by atoms with Gasteiger partial charge in [0.15, 0.2) is 0 Å². The number of halogens is 1. The summed E-state index contributed by atoms with van der Waals surface area (Å²) in [7, 11) is 4.97. The molecule has 0 radical (unpaired) electrons. The Hall–Kier alpha value is -3.49. The Morgan fingerprint density at radius 2 is 1.85 bits per heavy atom. The van der Waals surface area contributed by atoms with Crippen molar-refractivity contribution >= 4 is 17.7 Å². The van der Waals surface area contributed by atoms with E-state index in [1.807, 2.05) is 39.0 Å². The first-order valence-corrected chi connectivity index (χ1v) is 13.9. The average Bonchev–Trinajstić information content (AvgIpc) is 2.96. The Balaban J connectivity index is 0.00000274. The van der Waals surface area contributed by atoms with Crippen LogP contribution in [-0.2, 0) is 4.74 Å². The minimum Gasteiger partial charge on any atom is -0.397 e. The lowest BCUT2D eigenvalue weighted by atomic mass is 9.88. The first-order chi connectivity index (χ1) is 19.2. The number of benzene rings is 1. The van der Waals surface area contributed by atoms with Gasteiger partial charge in [0.2, 0.25) is 0 Å². The van der Waals surface area contributed by atoms with Gasteiger partial charge in [-0.2, -0.15) is 0 Å². The zero-order chi connectivity index (χ0) is 29.7. The number of likely N-dealkylation sites (tertiary alicyclic amines) is 1. The molecule has 1 amide bonds. The number of pyridine rings is 1. The van der Waals surface area contributed by atoms with E-state index in [1.165, 1.54) is 24.3 Å². The van der Waals surface area contributed by atoms with Crippen LogP contribution in [0.5, 0.6) is 0 Å². The van der Waals surface area contributed by atoms with Crippen molar-refractivity contribution in [3.63, 3.8) is 0 Å². The number of aromatic nitrogens is 1. The second-order valence-electron chi connectivity index (χ2n) is 9.99. The van der Waals surface area contributed by atoms with Crippen molar-refractivity contribution in [1.29, 1.82) is 0 Å². The van der Waals surface area contributed by atoms with Gasteiger partial charge in [-0.25, -0.2) is 4.39 Å². The lowest BCUT2D eigenvalue weighted by Crippen LogP contribution is -2.34. The SMILES string of the molecule is CC.COC/C(F)=C(N)\C=C/Nc1ccnc(C)c1/C=C(\C)CN1CCC(c2ccc(C(=O)N(C)C)cc2)CC1. The molecule has 1 aromatic heterocycles. The molecule has 3 rings (SSSR count). The van der Waals surface area contributed by atoms with E-state index in [2.05, 4.69) is 40.3 Å². The molecule has 3 N–H and O–H groups in total. The second kappa shape index (κ2) is 16.6. The molecule has 0 saturated carbocycles. The van der Waals surface area contributed by atoms with Crippen molar-refractivity contribution in [2.45, 2.75) is 46.5 Å². The number of hydrogen-bond acceptors (Lipinski definition) is 6. The highest BCUT2D eigenvalue weighted by Crippen LogP contribution is 2.29. The van der Waals surface area contributed by atoms with Gasteiger partial charge in [-0.1, -0.05) is 37.6 Å². The van der Waals surface area contributed by atoms with Gasteiger partial charge in [-0.3, -0.25) is 14.7 Å². The number of amides is 1. The summed E-state index contributed by atoms with van der Waals surface area (Å²) >= 11 is 0. The molecule has 8 heteroatoms. The maximum absolute atomic E-state index is 13.8. The van der Waals surface area contributed by atoms with E-state index in [1.54, 1.807) is 31.4 Å². The van der Waals surface area contributed by atoms with E-state index >= 15 is 0 Å². The number of nitrogens with one attached hydrogen (secondary N) is 1. The smallest absolute Gasteiger partial charge is 0.253 e. The second-order valence-corrected chi connectivity index (χ2v) is 9.99. The summed E-state index contributed by atoms with van der Waals surface area (Å²) < 4.78 is 18.5. The number of methoxy groups -OCH3 is 1. The van der Waals surface area contributed by atoms with Gasteiger partial charge in [0.1, 0.15) is 12.4 Å². The summed E-state index contributed by atoms with van der Waals surface area (Å²) in [4.78, 5) is 20.7. The first kappa shape index (κ1) is 32.7. The molecule has 2 aromatic rings. The number of nitrogens with two attached hydrogens (primary N) is 1. The number of piperidine rings is 1. The first-order valence-electron chi connectivity index (χ1n) is 13.9. The third-order valence-electron chi connectivity index (χ3n) is 6.76. The summed E-state index contributed by atoms with van der Waals surface area (Å²) in [6, 6.07) is 9.98. The number of nitrogens with zero attached hydrogens (tertiary/aromatic N) is 3. The summed E-state index contributed by atoms with van der Waals surface area (Å²) in [6.45, 7) is 10.9. The Morgan fingerprint density at radius 1 is 1.20 bits per heavy atom. The highest BCUT2D eigenvalue weighted by molar-refractivity contribution is 5.93. The van der Waals surface area contributed by atoms with Gasteiger partial charge in [-0.05, 0) is 75.5 Å². The van der Waals surface area contributed by atoms with Crippen LogP contribution < -0.4 is 11.1 Å². The quantitative estimate of drug-likeness (QED) is 0.347. The number of ether oxygens (including phenoxy) is 1. The van der Waals surface area contributed by atoms with Crippen LogP contribution >= 0.6 is 0 Å². The number of hydrogen-bond donors (Lipinski definition) is 2. The third-order valence-corrected chi connectivity index (χ3v) is 6.76. The van der Waals surface area contributed by atoms with Gasteiger partial charge >= 0.3 is 0 Å². The van der Waals surface area contributed by atoms with E-state index in [-0.39, 0.29) is 18.2 Å². The van der Waals surface area contributed by atoms with Crippen molar-refractivity contribution in [3.8, 4) is 0 Å². The fourth-order valence-electron chi connectivity index (χ4n) is 4.63. The molecule has 0 aliphatic carbocycles. The molecule has 2 heterocycles. The molecular weight excluding hydrogens is 505 g/mol. The van der Waals surface area contributed by atoms with E-state index in [4.69, 9.17) is 10.5 Å². The normalized spacial score (nSPS) is 15.3. The van der Waals surface area contributed by atoms with Gasteiger partial charge in [0.25, 0.3) is 5.91 Å². The van der Waals surface area contributed by atoms with E-state index in [9.17, 15) is 9.18 Å². The van der Waals surface area contributed by atoms with E-state index < -0.39 is 5.83 Å². The summed E-state index contributed by atoms with van der Waals surface area (Å²) in [5.41, 5.74) is 11.8. The van der Waals surface area contributed by atoms with Crippen molar-refractivity contribution in [3.05, 3.63) is 88.3 Å². The monoisotopic (exact) mass is 551 g/mol. The number of aryl methyl sites for hydroxylation is 1. The number of carbonyl (C=O) groups excluding carboxylic acids is 1. The summed E-state index contributed by atoms with van der Waals surface area (Å²) in [6.07, 6.45) is 9.20. The Bertz CT molecular complexity index is 1180. The van der Waals surface area contributed by atoms with Crippen molar-refractivity contribution < 1.29 is 13.9 Å². The molecule has 0 bridgehead atoms. The average molecular weight is 552 g/mol. The summed E-state index contributed by atoms with van der Waals surface area (Å²) in [5, 5.41) is 3.21. The zero-order valence-corrected chi connectivity index (χ0v) is 25.1. The van der Waals surface area contributed by atoms with Crippen molar-refractivity contribution in [1.82, 2.24) is 14.8 Å². The molecule has 1 aromatic carbocycles. The molecule has 218 valence electrons. The maximum atomic E-state index is 13.8. The Kier molecular flexibility index (Phi) is 13.6. The third kappa shape index (κ3) is 9.61. The van der Waals surface area contributed by atoms with Crippen LogP contribution in [0, 0.1) is 6.92 Å². The lowest BCUT2D eigenvalue weighted by Gasteiger charge is -2.32. The van der Waals surface area contributed by atoms with Crippen LogP contribution in [0.15, 0.2) is 65.9 Å². The van der Waals surface area contributed by atoms with E-state index in [0.29, 0.717) is 5.92 Å². The molecule has 0 unspecified atom stereocenters. The molecule has 1 fully saturated rings. The lowest BCUT2D eigenvalue weighted by molar-refractivity contribution is 0.0827. The molecule has 7 nitrogen and oxygen atoms in total. The van der Waals surface area contributed by atoms with E-state index in [0.717, 1.165) is 55.0 Å². The predicted octanol–water partition coefficient (Wildman–Crippen LogP) is 6.11. The number of allylic oxidation sites excluding steroid dienone is 1. The van der Waals surface area contributed by atoms with Gasteiger partial charge in [0, 0.05) is 62.7 Å². The Labute approximate surface area is 239 Å². The Morgan fingerprint density at radius 3 is 2.45 bits per heavy atom. The highest BCUT2D eigenvalue weighted by Gasteiger charge is 2.21. The standard InChI is InChI=1S/C30H40FN5O2.C2H6/c1-21(18-26-22(2)33-15-11-29(26)34-14-10-28(32)27(31)20-38-5)19-36-16-12-24(13-17-36)23-6-8-25(9-7-23)30(37)35(3)4;1-2/h6-11,14-15,18,24H,12-13,16-17,19-20,32H2,1-5H3,(H,33,34);1-2H3/b14-10-,21-18+,28-27-;. The minimum atomic E-state index is -0.507. The number of anilines is 1. The van der Waals surface area contributed by atoms with Crippen molar-refractivity contribution in [2.24, 2.45) is 5.73 Å². The fourth-order valence-corrected chi connectivity index (χ4v) is 4.63. The van der Waals surface area contributed by atoms with Crippen LogP contribution in [0.3, 0.4) is 0 Å². The zero-order valence-electron chi connectivity index (χ0n) is 25.1. The van der Waals surface area contributed by atoms with Crippen LogP contribution in [0.4, 0.5) is 10.1 Å². The van der Waals surface area contributed by atoms with Gasteiger partial charge < -0.3 is 20.7 Å². The fraction of sp³-hybridized carbons (Fsp3) is 0.438. The molecule has 0 atom stereocenters. The van der Waals surface area contributed by atoms with Crippen LogP contribution in [0.25, 0.3) is 6.08 Å². The molecule has 40 heavy (non-hydrogen) atoms. The predicted molar refractivity (Wildman–Crippen MR) is 164 cm³/mol. The molecule has 1 saturated heterocycles. The molecule has 0 spiro atoms. The van der Waals surface area contributed by atoms with Crippen LogP contribution in [0.2, 0.25) is 0 Å². The summed E-state index contributed by atoms with van der Waals surface area (Å²) in [5.74, 6) is 0.0360. The van der Waals surface area contributed by atoms with Gasteiger partial charge in [0.05, 0.1) is 5.70 Å². The molecule has 1 aliphatic rings. The van der Waals surface area contributed by atoms with Gasteiger partial charge in [-0.15, -0.1) is 0 Å². The highest BCUT2D eigenvalue weighted by atomic mass is 19.1. The number of rotatable bonds is 10. The number of carbonyl (C=O) groups is 1. The molecule has 1 aliphatic heterocycles. The van der Waals surface area contributed by atoms with Crippen LogP contribution in [0.1, 0.15) is 66.7 Å².